The SMILES string of the molecule is CN(C(=O)c1ccc(C#N)cn1)C(C)(C)CO. The number of carbonyl (C=O) groups is 1. The Kier molecular flexibility index (Phi) is 3.81. The summed E-state index contributed by atoms with van der Waals surface area (Å²) >= 11 is 0. The molecule has 1 aromatic rings. The zero-order chi connectivity index (χ0) is 13.1. The van der Waals surface area contributed by atoms with Crippen LogP contribution in [-0.4, -0.2) is 40.1 Å². The largest absolute Gasteiger partial charge is 0.394 e. The van der Waals surface area contributed by atoms with E-state index >= 15 is 0 Å². The quantitative estimate of drug-likeness (QED) is 0.837. The highest BCUT2D eigenvalue weighted by molar-refractivity contribution is 5.92. The molecule has 0 aliphatic rings. The Morgan fingerprint density at radius 2 is 2.24 bits per heavy atom. The Morgan fingerprint density at radius 3 is 2.65 bits per heavy atom. The summed E-state index contributed by atoms with van der Waals surface area (Å²) in [5.41, 5.74) is 0.0192. The number of rotatable bonds is 3. The second-order valence-electron chi connectivity index (χ2n) is 4.38. The van der Waals surface area contributed by atoms with Crippen molar-refractivity contribution in [2.75, 3.05) is 13.7 Å². The first-order valence-corrected chi connectivity index (χ1v) is 5.17. The first-order chi connectivity index (χ1) is 7.92. The second-order valence-corrected chi connectivity index (χ2v) is 4.38. The van der Waals surface area contributed by atoms with E-state index < -0.39 is 5.54 Å². The first kappa shape index (κ1) is 13.1. The minimum absolute atomic E-state index is 0.133. The lowest BCUT2D eigenvalue weighted by atomic mass is 10.0. The van der Waals surface area contributed by atoms with Crippen molar-refractivity contribution in [1.29, 1.82) is 5.26 Å². The Morgan fingerprint density at radius 1 is 1.59 bits per heavy atom. The maximum absolute atomic E-state index is 12.0. The summed E-state index contributed by atoms with van der Waals surface area (Å²) in [6, 6.07) is 4.98. The lowest BCUT2D eigenvalue weighted by molar-refractivity contribution is 0.0467. The van der Waals surface area contributed by atoms with E-state index in [1.54, 1.807) is 27.0 Å². The van der Waals surface area contributed by atoms with Crippen molar-refractivity contribution in [2.45, 2.75) is 19.4 Å². The minimum Gasteiger partial charge on any atom is -0.394 e. The Balaban J connectivity index is 2.93. The number of aliphatic hydroxyl groups excluding tert-OH is 1. The molecule has 0 bridgehead atoms. The fourth-order valence-corrected chi connectivity index (χ4v) is 1.14. The summed E-state index contributed by atoms with van der Waals surface area (Å²) in [6.45, 7) is 3.38. The van der Waals surface area contributed by atoms with Gasteiger partial charge in [-0.1, -0.05) is 0 Å². The van der Waals surface area contributed by atoms with E-state index in [0.717, 1.165) is 0 Å². The van der Waals surface area contributed by atoms with E-state index in [4.69, 9.17) is 5.26 Å². The topological polar surface area (TPSA) is 77.2 Å². The molecule has 0 aliphatic carbocycles. The molecule has 0 unspecified atom stereocenters. The van der Waals surface area contributed by atoms with Gasteiger partial charge in [-0.2, -0.15) is 5.26 Å². The van der Waals surface area contributed by atoms with Gasteiger partial charge in [-0.25, -0.2) is 4.98 Å². The number of nitriles is 1. The van der Waals surface area contributed by atoms with Gasteiger partial charge in [0.1, 0.15) is 11.8 Å². The number of carbonyl (C=O) groups excluding carboxylic acids is 1. The molecule has 0 saturated carbocycles. The molecule has 0 radical (unpaired) electrons. The maximum Gasteiger partial charge on any atom is 0.272 e. The monoisotopic (exact) mass is 233 g/mol. The van der Waals surface area contributed by atoms with Gasteiger partial charge in [0.2, 0.25) is 0 Å². The third kappa shape index (κ3) is 2.80. The van der Waals surface area contributed by atoms with Gasteiger partial charge in [-0.3, -0.25) is 4.79 Å². The number of pyridine rings is 1. The van der Waals surface area contributed by atoms with Gasteiger partial charge in [-0.15, -0.1) is 0 Å². The highest BCUT2D eigenvalue weighted by Crippen LogP contribution is 2.14. The predicted molar refractivity (Wildman–Crippen MR) is 62.2 cm³/mol. The van der Waals surface area contributed by atoms with Crippen LogP contribution < -0.4 is 0 Å². The predicted octanol–water partition coefficient (Wildman–Crippen LogP) is 0.796. The summed E-state index contributed by atoms with van der Waals surface area (Å²) < 4.78 is 0. The number of hydrogen-bond donors (Lipinski definition) is 1. The zero-order valence-electron chi connectivity index (χ0n) is 10.1. The molecule has 0 aliphatic heterocycles. The highest BCUT2D eigenvalue weighted by atomic mass is 16.3. The van der Waals surface area contributed by atoms with Crippen LogP contribution in [0.3, 0.4) is 0 Å². The second kappa shape index (κ2) is 4.93. The number of hydrogen-bond acceptors (Lipinski definition) is 4. The Hall–Kier alpha value is -1.93. The van der Waals surface area contributed by atoms with E-state index in [0.29, 0.717) is 5.56 Å². The molecule has 5 heteroatoms. The third-order valence-corrected chi connectivity index (χ3v) is 2.71. The van der Waals surface area contributed by atoms with Gasteiger partial charge in [0.15, 0.2) is 0 Å². The summed E-state index contributed by atoms with van der Waals surface area (Å²) in [5.74, 6) is -0.284. The van der Waals surface area contributed by atoms with E-state index in [-0.39, 0.29) is 18.2 Å². The highest BCUT2D eigenvalue weighted by Gasteiger charge is 2.28. The molecule has 0 spiro atoms. The molecule has 1 rings (SSSR count). The first-order valence-electron chi connectivity index (χ1n) is 5.17. The van der Waals surface area contributed by atoms with Crippen LogP contribution in [0, 0.1) is 11.3 Å². The Bertz CT molecular complexity index is 446. The Labute approximate surface area is 100 Å². The van der Waals surface area contributed by atoms with E-state index in [1.165, 1.54) is 17.2 Å². The average Bonchev–Trinajstić information content (AvgIpc) is 2.37. The minimum atomic E-state index is -0.646. The van der Waals surface area contributed by atoms with Crippen LogP contribution in [0.15, 0.2) is 18.3 Å². The van der Waals surface area contributed by atoms with Crippen LogP contribution in [0.4, 0.5) is 0 Å². The van der Waals surface area contributed by atoms with Crippen molar-refractivity contribution >= 4 is 5.91 Å². The molecular weight excluding hydrogens is 218 g/mol. The van der Waals surface area contributed by atoms with Gasteiger partial charge in [0.25, 0.3) is 5.91 Å². The molecular formula is C12H15N3O2. The van der Waals surface area contributed by atoms with Crippen LogP contribution in [-0.2, 0) is 0 Å². The molecule has 1 heterocycles. The molecule has 0 saturated heterocycles. The smallest absolute Gasteiger partial charge is 0.272 e. The van der Waals surface area contributed by atoms with Crippen molar-refractivity contribution < 1.29 is 9.90 Å². The van der Waals surface area contributed by atoms with Gasteiger partial charge < -0.3 is 10.0 Å². The van der Waals surface area contributed by atoms with E-state index in [9.17, 15) is 9.90 Å². The van der Waals surface area contributed by atoms with Crippen LogP contribution >= 0.6 is 0 Å². The van der Waals surface area contributed by atoms with Crippen molar-refractivity contribution in [1.82, 2.24) is 9.88 Å². The lowest BCUT2D eigenvalue weighted by Gasteiger charge is -2.33. The number of amides is 1. The van der Waals surface area contributed by atoms with E-state index in [2.05, 4.69) is 4.98 Å². The summed E-state index contributed by atoms with van der Waals surface area (Å²) in [4.78, 5) is 17.4. The normalized spacial score (nSPS) is 10.8. The van der Waals surface area contributed by atoms with Crippen molar-refractivity contribution in [2.24, 2.45) is 0 Å². The molecule has 0 aromatic carbocycles. The standard InChI is InChI=1S/C12H15N3O2/c1-12(2,8-16)15(3)11(17)10-5-4-9(6-13)7-14-10/h4-5,7,16H,8H2,1-3H3. The summed E-state index contributed by atoms with van der Waals surface area (Å²) in [5, 5.41) is 17.8. The average molecular weight is 233 g/mol. The van der Waals surface area contributed by atoms with E-state index in [1.807, 2.05) is 6.07 Å². The lowest BCUT2D eigenvalue weighted by Crippen LogP contribution is -2.47. The summed E-state index contributed by atoms with van der Waals surface area (Å²) in [7, 11) is 1.61. The number of likely N-dealkylation sites (N-methyl/N-ethyl adjacent to an activating group) is 1. The fraction of sp³-hybridized carbons (Fsp3) is 0.417. The van der Waals surface area contributed by atoms with Crippen molar-refractivity contribution in [3.8, 4) is 6.07 Å². The third-order valence-electron chi connectivity index (χ3n) is 2.71. The zero-order valence-corrected chi connectivity index (χ0v) is 10.1. The van der Waals surface area contributed by atoms with Crippen LogP contribution in [0.5, 0.6) is 0 Å². The van der Waals surface area contributed by atoms with Gasteiger partial charge in [0, 0.05) is 13.2 Å². The molecule has 0 atom stereocenters. The van der Waals surface area contributed by atoms with Crippen LogP contribution in [0.2, 0.25) is 0 Å². The maximum atomic E-state index is 12.0. The van der Waals surface area contributed by atoms with Crippen molar-refractivity contribution in [3.63, 3.8) is 0 Å². The molecule has 0 fully saturated rings. The number of aromatic nitrogens is 1. The van der Waals surface area contributed by atoms with Crippen LogP contribution in [0.25, 0.3) is 0 Å². The molecule has 1 aromatic heterocycles. The summed E-state index contributed by atoms with van der Waals surface area (Å²) in [6.07, 6.45) is 1.35. The number of nitrogens with zero attached hydrogens (tertiary/aromatic N) is 3. The molecule has 1 N–H and O–H groups in total. The number of aliphatic hydroxyl groups is 1. The molecule has 5 nitrogen and oxygen atoms in total. The molecule has 1 amide bonds. The van der Waals surface area contributed by atoms with Gasteiger partial charge in [0.05, 0.1) is 17.7 Å². The van der Waals surface area contributed by atoms with Crippen LogP contribution in [0.1, 0.15) is 29.9 Å². The van der Waals surface area contributed by atoms with Gasteiger partial charge in [-0.05, 0) is 26.0 Å². The fourth-order valence-electron chi connectivity index (χ4n) is 1.14. The molecule has 90 valence electrons. The van der Waals surface area contributed by atoms with Gasteiger partial charge >= 0.3 is 0 Å². The molecule has 17 heavy (non-hydrogen) atoms. The van der Waals surface area contributed by atoms with Crippen molar-refractivity contribution in [3.05, 3.63) is 29.6 Å².